The number of likely N-dealkylation sites (N-methyl/N-ethyl adjacent to an activating group) is 1. The van der Waals surface area contributed by atoms with Crippen molar-refractivity contribution in [3.05, 3.63) is 71.3 Å². The van der Waals surface area contributed by atoms with Crippen LogP contribution < -0.4 is 0 Å². The summed E-state index contributed by atoms with van der Waals surface area (Å²) in [6.45, 7) is 3.87. The van der Waals surface area contributed by atoms with Gasteiger partial charge in [0.2, 0.25) is 5.91 Å². The maximum absolute atomic E-state index is 12.5. The molecule has 0 fully saturated rings. The van der Waals surface area contributed by atoms with Gasteiger partial charge in [-0.15, -0.1) is 0 Å². The fourth-order valence-electron chi connectivity index (χ4n) is 2.46. The molecule has 1 N–H and O–H groups in total. The molecule has 0 heterocycles. The number of nitrogens with zero attached hydrogens (tertiary/aromatic N) is 1. The minimum atomic E-state index is -0.688. The standard InChI is InChI=1S/C19H23NO2/c1-14-9-7-8-12-17(14)13-18(21)20(3)15(2)19(22)16-10-5-4-6-11-16/h4-12,15,19,22H,13H2,1-3H3. The fourth-order valence-corrected chi connectivity index (χ4v) is 2.46. The second-order valence-corrected chi connectivity index (χ2v) is 5.70. The maximum atomic E-state index is 12.5. The van der Waals surface area contributed by atoms with E-state index in [-0.39, 0.29) is 11.9 Å². The largest absolute Gasteiger partial charge is 0.386 e. The number of hydrogen-bond acceptors (Lipinski definition) is 2. The Morgan fingerprint density at radius 2 is 1.68 bits per heavy atom. The average Bonchev–Trinajstić information content (AvgIpc) is 2.55. The van der Waals surface area contributed by atoms with E-state index in [4.69, 9.17) is 0 Å². The zero-order chi connectivity index (χ0) is 16.1. The van der Waals surface area contributed by atoms with Crippen LogP contribution in [0.15, 0.2) is 54.6 Å². The van der Waals surface area contributed by atoms with Crippen LogP contribution in [0.25, 0.3) is 0 Å². The molecule has 0 aromatic heterocycles. The second kappa shape index (κ2) is 7.23. The van der Waals surface area contributed by atoms with Crippen molar-refractivity contribution in [3.8, 4) is 0 Å². The summed E-state index contributed by atoms with van der Waals surface area (Å²) in [7, 11) is 1.75. The van der Waals surface area contributed by atoms with E-state index >= 15 is 0 Å². The van der Waals surface area contributed by atoms with Gasteiger partial charge in [-0.1, -0.05) is 54.6 Å². The van der Waals surface area contributed by atoms with Crippen LogP contribution in [0.5, 0.6) is 0 Å². The number of aliphatic hydroxyl groups is 1. The first-order valence-electron chi connectivity index (χ1n) is 7.54. The molecule has 0 spiro atoms. The lowest BCUT2D eigenvalue weighted by Crippen LogP contribution is -2.39. The summed E-state index contributed by atoms with van der Waals surface area (Å²) < 4.78 is 0. The molecule has 2 atom stereocenters. The van der Waals surface area contributed by atoms with Crippen LogP contribution in [0.2, 0.25) is 0 Å². The minimum absolute atomic E-state index is 0.0109. The van der Waals surface area contributed by atoms with Crippen molar-refractivity contribution in [1.82, 2.24) is 4.90 Å². The molecule has 0 saturated carbocycles. The monoisotopic (exact) mass is 297 g/mol. The Labute approximate surface area is 132 Å². The van der Waals surface area contributed by atoms with Crippen molar-refractivity contribution in [1.29, 1.82) is 0 Å². The molecule has 116 valence electrons. The number of aryl methyl sites for hydroxylation is 1. The molecule has 2 aromatic carbocycles. The summed E-state index contributed by atoms with van der Waals surface area (Å²) in [4.78, 5) is 14.1. The van der Waals surface area contributed by atoms with E-state index in [0.29, 0.717) is 6.42 Å². The third-order valence-electron chi connectivity index (χ3n) is 4.21. The molecule has 1 amide bonds. The van der Waals surface area contributed by atoms with E-state index in [1.807, 2.05) is 68.4 Å². The SMILES string of the molecule is Cc1ccccc1CC(=O)N(C)C(C)C(O)c1ccccc1. The summed E-state index contributed by atoms with van der Waals surface area (Å²) in [5.74, 6) is 0.0109. The lowest BCUT2D eigenvalue weighted by molar-refractivity contribution is -0.133. The molecule has 2 unspecified atom stereocenters. The van der Waals surface area contributed by atoms with Crippen molar-refractivity contribution in [2.45, 2.75) is 32.4 Å². The highest BCUT2D eigenvalue weighted by molar-refractivity contribution is 5.79. The van der Waals surface area contributed by atoms with Crippen LogP contribution in [0.3, 0.4) is 0 Å². The van der Waals surface area contributed by atoms with Gasteiger partial charge in [-0.2, -0.15) is 0 Å². The molecule has 0 radical (unpaired) electrons. The van der Waals surface area contributed by atoms with Gasteiger partial charge in [0.1, 0.15) is 0 Å². The zero-order valence-corrected chi connectivity index (χ0v) is 13.4. The Balaban J connectivity index is 2.05. The summed E-state index contributed by atoms with van der Waals surface area (Å²) in [6.07, 6.45) is -0.332. The Morgan fingerprint density at radius 1 is 1.09 bits per heavy atom. The Kier molecular flexibility index (Phi) is 5.34. The lowest BCUT2D eigenvalue weighted by Gasteiger charge is -2.29. The van der Waals surface area contributed by atoms with Crippen molar-refractivity contribution < 1.29 is 9.90 Å². The van der Waals surface area contributed by atoms with Gasteiger partial charge in [-0.25, -0.2) is 0 Å². The molecule has 0 aliphatic heterocycles. The first-order chi connectivity index (χ1) is 10.5. The second-order valence-electron chi connectivity index (χ2n) is 5.70. The number of carbonyl (C=O) groups excluding carboxylic acids is 1. The molecular weight excluding hydrogens is 274 g/mol. The lowest BCUT2D eigenvalue weighted by atomic mass is 10.0. The van der Waals surface area contributed by atoms with Gasteiger partial charge in [-0.3, -0.25) is 4.79 Å². The predicted molar refractivity (Wildman–Crippen MR) is 88.5 cm³/mol. The average molecular weight is 297 g/mol. The highest BCUT2D eigenvalue weighted by Gasteiger charge is 2.24. The molecule has 2 rings (SSSR count). The van der Waals surface area contributed by atoms with E-state index in [1.54, 1.807) is 11.9 Å². The molecule has 0 aliphatic carbocycles. The summed E-state index contributed by atoms with van der Waals surface area (Å²) >= 11 is 0. The molecule has 0 bridgehead atoms. The van der Waals surface area contributed by atoms with E-state index < -0.39 is 6.10 Å². The minimum Gasteiger partial charge on any atom is -0.386 e. The van der Waals surface area contributed by atoms with E-state index in [2.05, 4.69) is 0 Å². The number of benzene rings is 2. The highest BCUT2D eigenvalue weighted by atomic mass is 16.3. The van der Waals surface area contributed by atoms with Gasteiger partial charge in [0.05, 0.1) is 18.6 Å². The number of carbonyl (C=O) groups is 1. The van der Waals surface area contributed by atoms with Gasteiger partial charge < -0.3 is 10.0 Å². The quantitative estimate of drug-likeness (QED) is 0.921. The molecule has 0 aliphatic rings. The van der Waals surface area contributed by atoms with Gasteiger partial charge in [0.15, 0.2) is 0 Å². The van der Waals surface area contributed by atoms with E-state index in [0.717, 1.165) is 16.7 Å². The molecule has 0 saturated heterocycles. The van der Waals surface area contributed by atoms with Crippen LogP contribution in [0, 0.1) is 6.92 Å². The zero-order valence-electron chi connectivity index (χ0n) is 13.4. The normalized spacial score (nSPS) is 13.5. The number of rotatable bonds is 5. The van der Waals surface area contributed by atoms with Crippen molar-refractivity contribution >= 4 is 5.91 Å². The van der Waals surface area contributed by atoms with E-state index in [1.165, 1.54) is 0 Å². The summed E-state index contributed by atoms with van der Waals surface area (Å²) in [5, 5.41) is 10.4. The Bertz CT molecular complexity index is 624. The van der Waals surface area contributed by atoms with Crippen LogP contribution in [0.1, 0.15) is 29.7 Å². The Hall–Kier alpha value is -2.13. The maximum Gasteiger partial charge on any atom is 0.227 e. The van der Waals surface area contributed by atoms with Gasteiger partial charge in [0, 0.05) is 7.05 Å². The Morgan fingerprint density at radius 3 is 2.32 bits per heavy atom. The van der Waals surface area contributed by atoms with Crippen LogP contribution >= 0.6 is 0 Å². The highest BCUT2D eigenvalue weighted by Crippen LogP contribution is 2.20. The van der Waals surface area contributed by atoms with Gasteiger partial charge >= 0.3 is 0 Å². The van der Waals surface area contributed by atoms with Gasteiger partial charge in [0.25, 0.3) is 0 Å². The third-order valence-corrected chi connectivity index (χ3v) is 4.21. The smallest absolute Gasteiger partial charge is 0.227 e. The molecule has 3 nitrogen and oxygen atoms in total. The predicted octanol–water partition coefficient (Wildman–Crippen LogP) is 3.12. The molecule has 3 heteroatoms. The summed E-state index contributed by atoms with van der Waals surface area (Å²) in [5.41, 5.74) is 2.96. The first kappa shape index (κ1) is 16.2. The van der Waals surface area contributed by atoms with Crippen LogP contribution in [0.4, 0.5) is 0 Å². The summed E-state index contributed by atoms with van der Waals surface area (Å²) in [6, 6.07) is 17.0. The molecule has 2 aromatic rings. The molecular formula is C19H23NO2. The fraction of sp³-hybridized carbons (Fsp3) is 0.316. The third kappa shape index (κ3) is 3.74. The number of aliphatic hydroxyl groups excluding tert-OH is 1. The van der Waals surface area contributed by atoms with Crippen LogP contribution in [-0.2, 0) is 11.2 Å². The van der Waals surface area contributed by atoms with Crippen LogP contribution in [-0.4, -0.2) is 29.0 Å². The topological polar surface area (TPSA) is 40.5 Å². The number of amides is 1. The van der Waals surface area contributed by atoms with Crippen molar-refractivity contribution in [3.63, 3.8) is 0 Å². The number of hydrogen-bond donors (Lipinski definition) is 1. The first-order valence-corrected chi connectivity index (χ1v) is 7.54. The van der Waals surface area contributed by atoms with Gasteiger partial charge in [-0.05, 0) is 30.5 Å². The molecule has 22 heavy (non-hydrogen) atoms. The van der Waals surface area contributed by atoms with Crippen molar-refractivity contribution in [2.24, 2.45) is 0 Å². The van der Waals surface area contributed by atoms with Crippen molar-refractivity contribution in [2.75, 3.05) is 7.05 Å². The van der Waals surface area contributed by atoms with E-state index in [9.17, 15) is 9.90 Å².